The Labute approximate surface area is 128 Å². The van der Waals surface area contributed by atoms with Gasteiger partial charge in [-0.2, -0.15) is 0 Å². The van der Waals surface area contributed by atoms with E-state index < -0.39 is 10.0 Å². The van der Waals surface area contributed by atoms with Crippen molar-refractivity contribution in [2.75, 3.05) is 18.8 Å². The van der Waals surface area contributed by atoms with Crippen molar-refractivity contribution < 1.29 is 8.42 Å². The van der Waals surface area contributed by atoms with E-state index in [-0.39, 0.29) is 11.7 Å². The minimum absolute atomic E-state index is 0.192. The lowest BCUT2D eigenvalue weighted by atomic mass is 10.0. The predicted molar refractivity (Wildman–Crippen MR) is 86.9 cm³/mol. The molecule has 118 valence electrons. The van der Waals surface area contributed by atoms with Crippen LogP contribution in [0.1, 0.15) is 44.1 Å². The molecule has 0 spiro atoms. The molecule has 1 unspecified atom stereocenters. The van der Waals surface area contributed by atoms with Gasteiger partial charge in [-0.05, 0) is 43.7 Å². The molecule has 1 atom stereocenters. The van der Waals surface area contributed by atoms with Crippen LogP contribution in [-0.2, 0) is 10.0 Å². The van der Waals surface area contributed by atoms with Crippen LogP contribution in [0.5, 0.6) is 0 Å². The molecule has 1 aromatic carbocycles. The average Bonchev–Trinajstić information content (AvgIpc) is 3.29. The molecule has 2 N–H and O–H groups in total. The summed E-state index contributed by atoms with van der Waals surface area (Å²) < 4.78 is 26.6. The molecule has 1 aliphatic carbocycles. The van der Waals surface area contributed by atoms with E-state index in [0.717, 1.165) is 24.9 Å². The smallest absolute Gasteiger partial charge is 0.211 e. The molecule has 1 aromatic rings. The summed E-state index contributed by atoms with van der Waals surface area (Å²) >= 11 is 0. The summed E-state index contributed by atoms with van der Waals surface area (Å²) in [5.41, 5.74) is 1.16. The van der Waals surface area contributed by atoms with Gasteiger partial charge in [0, 0.05) is 12.6 Å². The maximum atomic E-state index is 11.9. The molecule has 0 saturated heterocycles. The summed E-state index contributed by atoms with van der Waals surface area (Å²) in [6, 6.07) is 10.7. The number of benzene rings is 1. The van der Waals surface area contributed by atoms with Crippen molar-refractivity contribution in [2.24, 2.45) is 0 Å². The first kappa shape index (κ1) is 16.5. The second-order valence-corrected chi connectivity index (χ2v) is 7.84. The Bertz CT molecular complexity index is 512. The van der Waals surface area contributed by atoms with Gasteiger partial charge in [-0.1, -0.05) is 37.3 Å². The van der Waals surface area contributed by atoms with Crippen LogP contribution in [0.4, 0.5) is 0 Å². The maximum Gasteiger partial charge on any atom is 0.211 e. The average molecular weight is 310 g/mol. The molecule has 0 aromatic heterocycles. The highest BCUT2D eigenvalue weighted by molar-refractivity contribution is 7.89. The number of sulfonamides is 1. The third kappa shape index (κ3) is 6.59. The zero-order valence-electron chi connectivity index (χ0n) is 12.7. The Morgan fingerprint density at radius 1 is 1.19 bits per heavy atom. The van der Waals surface area contributed by atoms with E-state index in [4.69, 9.17) is 0 Å². The van der Waals surface area contributed by atoms with Crippen molar-refractivity contribution in [3.05, 3.63) is 35.9 Å². The summed E-state index contributed by atoms with van der Waals surface area (Å²) in [6.07, 6.45) is 4.19. The van der Waals surface area contributed by atoms with Crippen LogP contribution in [0.25, 0.3) is 0 Å². The molecule has 1 aliphatic rings. The van der Waals surface area contributed by atoms with Gasteiger partial charge in [0.15, 0.2) is 0 Å². The van der Waals surface area contributed by atoms with Gasteiger partial charge in [-0.25, -0.2) is 13.1 Å². The SMILES string of the molecule is CC(CNS(=O)(=O)CCCCNC1CC1)c1ccccc1. The highest BCUT2D eigenvalue weighted by Gasteiger charge is 2.19. The van der Waals surface area contributed by atoms with E-state index >= 15 is 0 Å². The summed E-state index contributed by atoms with van der Waals surface area (Å²) in [7, 11) is -3.15. The lowest BCUT2D eigenvalue weighted by Crippen LogP contribution is -2.30. The minimum atomic E-state index is -3.15. The van der Waals surface area contributed by atoms with Crippen molar-refractivity contribution in [2.45, 2.75) is 44.6 Å². The van der Waals surface area contributed by atoms with E-state index in [1.54, 1.807) is 0 Å². The third-order valence-corrected chi connectivity index (χ3v) is 5.26. The normalized spacial score (nSPS) is 16.8. The lowest BCUT2D eigenvalue weighted by molar-refractivity contribution is 0.567. The number of hydrogen-bond acceptors (Lipinski definition) is 3. The van der Waals surface area contributed by atoms with E-state index in [1.165, 1.54) is 12.8 Å². The first-order chi connectivity index (χ1) is 10.1. The largest absolute Gasteiger partial charge is 0.314 e. The fourth-order valence-corrected chi connectivity index (χ4v) is 3.47. The van der Waals surface area contributed by atoms with Gasteiger partial charge in [0.25, 0.3) is 0 Å². The molecule has 0 radical (unpaired) electrons. The predicted octanol–water partition coefficient (Wildman–Crippen LogP) is 2.24. The van der Waals surface area contributed by atoms with Crippen molar-refractivity contribution in [1.82, 2.24) is 10.0 Å². The summed E-state index contributed by atoms with van der Waals surface area (Å²) in [4.78, 5) is 0. The van der Waals surface area contributed by atoms with Crippen molar-refractivity contribution in [1.29, 1.82) is 0 Å². The zero-order valence-corrected chi connectivity index (χ0v) is 13.5. The minimum Gasteiger partial charge on any atom is -0.314 e. The highest BCUT2D eigenvalue weighted by atomic mass is 32.2. The first-order valence-electron chi connectivity index (χ1n) is 7.82. The van der Waals surface area contributed by atoms with Gasteiger partial charge < -0.3 is 5.32 Å². The Kier molecular flexibility index (Phi) is 6.21. The van der Waals surface area contributed by atoms with Gasteiger partial charge in [-0.3, -0.25) is 0 Å². The number of nitrogens with one attached hydrogen (secondary N) is 2. The zero-order chi connectivity index (χ0) is 15.1. The Morgan fingerprint density at radius 2 is 1.90 bits per heavy atom. The van der Waals surface area contributed by atoms with Crippen LogP contribution in [0.3, 0.4) is 0 Å². The number of hydrogen-bond donors (Lipinski definition) is 2. The maximum absolute atomic E-state index is 11.9. The fraction of sp³-hybridized carbons (Fsp3) is 0.625. The number of unbranched alkanes of at least 4 members (excludes halogenated alkanes) is 1. The van der Waals surface area contributed by atoms with Crippen LogP contribution >= 0.6 is 0 Å². The van der Waals surface area contributed by atoms with Gasteiger partial charge in [-0.15, -0.1) is 0 Å². The molecule has 5 heteroatoms. The molecule has 0 heterocycles. The Hall–Kier alpha value is -0.910. The van der Waals surface area contributed by atoms with E-state index in [2.05, 4.69) is 10.0 Å². The summed E-state index contributed by atoms with van der Waals surface area (Å²) in [5.74, 6) is 0.415. The van der Waals surface area contributed by atoms with Crippen molar-refractivity contribution in [3.63, 3.8) is 0 Å². The second-order valence-electron chi connectivity index (χ2n) is 5.91. The molecular formula is C16H26N2O2S. The van der Waals surface area contributed by atoms with Gasteiger partial charge in [0.2, 0.25) is 10.0 Å². The van der Waals surface area contributed by atoms with Gasteiger partial charge in [0.05, 0.1) is 5.75 Å². The van der Waals surface area contributed by atoms with Crippen LogP contribution in [0.15, 0.2) is 30.3 Å². The van der Waals surface area contributed by atoms with Crippen LogP contribution in [0, 0.1) is 0 Å². The summed E-state index contributed by atoms with van der Waals surface area (Å²) in [6.45, 7) is 3.44. The molecule has 0 bridgehead atoms. The topological polar surface area (TPSA) is 58.2 Å². The number of rotatable bonds is 10. The van der Waals surface area contributed by atoms with E-state index in [0.29, 0.717) is 12.6 Å². The molecule has 2 rings (SSSR count). The van der Waals surface area contributed by atoms with Crippen LogP contribution in [-0.4, -0.2) is 33.3 Å². The van der Waals surface area contributed by atoms with Crippen LogP contribution in [0.2, 0.25) is 0 Å². The fourth-order valence-electron chi connectivity index (χ4n) is 2.23. The Morgan fingerprint density at radius 3 is 2.57 bits per heavy atom. The quantitative estimate of drug-likeness (QED) is 0.652. The Balaban J connectivity index is 1.63. The molecule has 0 amide bonds. The van der Waals surface area contributed by atoms with Gasteiger partial charge >= 0.3 is 0 Å². The molecule has 1 saturated carbocycles. The second kappa shape index (κ2) is 7.92. The lowest BCUT2D eigenvalue weighted by Gasteiger charge is -2.13. The molecule has 0 aliphatic heterocycles. The van der Waals surface area contributed by atoms with E-state index in [9.17, 15) is 8.42 Å². The van der Waals surface area contributed by atoms with Gasteiger partial charge in [0.1, 0.15) is 0 Å². The molecular weight excluding hydrogens is 284 g/mol. The first-order valence-corrected chi connectivity index (χ1v) is 9.48. The van der Waals surface area contributed by atoms with Crippen molar-refractivity contribution in [3.8, 4) is 0 Å². The van der Waals surface area contributed by atoms with Crippen LogP contribution < -0.4 is 10.0 Å². The third-order valence-electron chi connectivity index (χ3n) is 3.83. The standard InChI is InChI=1S/C16H26N2O2S/c1-14(15-7-3-2-4-8-15)13-18-21(19,20)12-6-5-11-17-16-9-10-16/h2-4,7-8,14,16-18H,5-6,9-13H2,1H3. The molecule has 4 nitrogen and oxygen atoms in total. The molecule has 21 heavy (non-hydrogen) atoms. The highest BCUT2D eigenvalue weighted by Crippen LogP contribution is 2.18. The van der Waals surface area contributed by atoms with Crippen molar-refractivity contribution >= 4 is 10.0 Å². The summed E-state index contributed by atoms with van der Waals surface area (Å²) in [5, 5.41) is 3.40. The monoisotopic (exact) mass is 310 g/mol. The van der Waals surface area contributed by atoms with E-state index in [1.807, 2.05) is 37.3 Å². The molecule has 1 fully saturated rings.